The first-order valence-electron chi connectivity index (χ1n) is 9.32. The minimum absolute atomic E-state index is 0.0380. The first-order chi connectivity index (χ1) is 12.2. The standard InChI is InChI=1S/C20H26N4O/c1-15-6-5-10-24(12-15)20-21-18-9-11-23(14-17(18)19(25)22-20)13-16-7-3-2-4-8-16/h2-4,7-8,15H,5-6,9-14H2,1H3,(H,21,22,25)/t15-/m1/s1. The summed E-state index contributed by atoms with van der Waals surface area (Å²) in [6, 6.07) is 10.4. The summed E-state index contributed by atoms with van der Waals surface area (Å²) in [5.74, 6) is 1.43. The van der Waals surface area contributed by atoms with Crippen molar-refractivity contribution in [2.24, 2.45) is 5.92 Å². The van der Waals surface area contributed by atoms with E-state index in [9.17, 15) is 4.79 Å². The Labute approximate surface area is 148 Å². The van der Waals surface area contributed by atoms with Gasteiger partial charge in [0.25, 0.3) is 5.56 Å². The van der Waals surface area contributed by atoms with Gasteiger partial charge in [0.1, 0.15) is 0 Å². The third-order valence-corrected chi connectivity index (χ3v) is 5.34. The van der Waals surface area contributed by atoms with E-state index < -0.39 is 0 Å². The van der Waals surface area contributed by atoms with Gasteiger partial charge in [-0.3, -0.25) is 14.7 Å². The van der Waals surface area contributed by atoms with E-state index in [1.807, 2.05) is 6.07 Å². The summed E-state index contributed by atoms with van der Waals surface area (Å²) in [4.78, 5) is 25.1. The van der Waals surface area contributed by atoms with E-state index in [2.05, 4.69) is 46.0 Å². The largest absolute Gasteiger partial charge is 0.342 e. The Bertz CT molecular complexity index is 786. The summed E-state index contributed by atoms with van der Waals surface area (Å²) in [6.45, 7) is 6.76. The number of hydrogen-bond acceptors (Lipinski definition) is 4. The van der Waals surface area contributed by atoms with Crippen molar-refractivity contribution in [1.29, 1.82) is 0 Å². The van der Waals surface area contributed by atoms with Gasteiger partial charge in [-0.25, -0.2) is 4.98 Å². The Balaban J connectivity index is 1.52. The smallest absolute Gasteiger partial charge is 0.257 e. The van der Waals surface area contributed by atoms with Crippen LogP contribution in [0.25, 0.3) is 0 Å². The molecule has 2 aromatic rings. The lowest BCUT2D eigenvalue weighted by atomic mass is 10.0. The molecular weight excluding hydrogens is 312 g/mol. The lowest BCUT2D eigenvalue weighted by Crippen LogP contribution is -2.39. The molecule has 5 nitrogen and oxygen atoms in total. The maximum Gasteiger partial charge on any atom is 0.257 e. The molecule has 1 N–H and O–H groups in total. The topological polar surface area (TPSA) is 52.2 Å². The van der Waals surface area contributed by atoms with Crippen LogP contribution >= 0.6 is 0 Å². The minimum atomic E-state index is 0.0380. The van der Waals surface area contributed by atoms with Gasteiger partial charge in [0.05, 0.1) is 11.3 Å². The number of rotatable bonds is 3. The predicted molar refractivity (Wildman–Crippen MR) is 99.7 cm³/mol. The zero-order valence-electron chi connectivity index (χ0n) is 14.9. The third-order valence-electron chi connectivity index (χ3n) is 5.34. The monoisotopic (exact) mass is 338 g/mol. The molecule has 1 atom stereocenters. The molecule has 2 aliphatic heterocycles. The number of fused-ring (bicyclic) bond motifs is 1. The van der Waals surface area contributed by atoms with Crippen molar-refractivity contribution in [2.45, 2.75) is 39.3 Å². The summed E-state index contributed by atoms with van der Waals surface area (Å²) in [6.07, 6.45) is 3.29. The summed E-state index contributed by atoms with van der Waals surface area (Å²) >= 11 is 0. The average molecular weight is 338 g/mol. The lowest BCUT2D eigenvalue weighted by molar-refractivity contribution is 0.241. The number of H-pyrrole nitrogens is 1. The Morgan fingerprint density at radius 1 is 1.24 bits per heavy atom. The highest BCUT2D eigenvalue weighted by Crippen LogP contribution is 2.22. The second-order valence-corrected chi connectivity index (χ2v) is 7.45. The molecule has 5 heteroatoms. The lowest BCUT2D eigenvalue weighted by Gasteiger charge is -2.33. The molecule has 0 unspecified atom stereocenters. The normalized spacial score (nSPS) is 21.2. The van der Waals surface area contributed by atoms with Crippen LogP contribution in [0.5, 0.6) is 0 Å². The van der Waals surface area contributed by atoms with E-state index in [-0.39, 0.29) is 5.56 Å². The van der Waals surface area contributed by atoms with Gasteiger partial charge in [-0.2, -0.15) is 0 Å². The van der Waals surface area contributed by atoms with Crippen LogP contribution in [0.15, 0.2) is 35.1 Å². The first kappa shape index (κ1) is 16.3. The molecule has 2 aliphatic rings. The number of piperidine rings is 1. The molecule has 4 rings (SSSR count). The molecule has 1 saturated heterocycles. The van der Waals surface area contributed by atoms with Crippen LogP contribution in [0, 0.1) is 5.92 Å². The van der Waals surface area contributed by atoms with Crippen molar-refractivity contribution < 1.29 is 0 Å². The summed E-state index contributed by atoms with van der Waals surface area (Å²) < 4.78 is 0. The molecular formula is C20H26N4O. The molecule has 0 bridgehead atoms. The van der Waals surface area contributed by atoms with Gasteiger partial charge in [-0.15, -0.1) is 0 Å². The van der Waals surface area contributed by atoms with E-state index in [1.54, 1.807) is 0 Å². The maximum atomic E-state index is 12.7. The maximum absolute atomic E-state index is 12.7. The van der Waals surface area contributed by atoms with Gasteiger partial charge in [-0.05, 0) is 24.3 Å². The van der Waals surface area contributed by atoms with Crippen LogP contribution in [0.2, 0.25) is 0 Å². The number of anilines is 1. The molecule has 132 valence electrons. The van der Waals surface area contributed by atoms with E-state index in [4.69, 9.17) is 4.98 Å². The molecule has 0 spiro atoms. The van der Waals surface area contributed by atoms with Crippen LogP contribution in [-0.4, -0.2) is 34.5 Å². The van der Waals surface area contributed by atoms with Crippen LogP contribution < -0.4 is 10.5 Å². The van der Waals surface area contributed by atoms with Crippen molar-refractivity contribution in [3.05, 3.63) is 57.5 Å². The van der Waals surface area contributed by atoms with Crippen LogP contribution in [0.1, 0.15) is 36.6 Å². The molecule has 0 saturated carbocycles. The Hall–Kier alpha value is -2.14. The van der Waals surface area contributed by atoms with Gasteiger partial charge >= 0.3 is 0 Å². The van der Waals surface area contributed by atoms with Gasteiger partial charge in [0.15, 0.2) is 0 Å². The zero-order valence-corrected chi connectivity index (χ0v) is 14.9. The third kappa shape index (κ3) is 3.61. The number of nitrogens with zero attached hydrogens (tertiary/aromatic N) is 3. The van der Waals surface area contributed by atoms with Crippen molar-refractivity contribution in [1.82, 2.24) is 14.9 Å². The molecule has 1 aromatic carbocycles. The van der Waals surface area contributed by atoms with Crippen LogP contribution in [-0.2, 0) is 19.5 Å². The number of aromatic nitrogens is 2. The van der Waals surface area contributed by atoms with E-state index >= 15 is 0 Å². The SMILES string of the molecule is C[C@@H]1CCCN(c2nc3c(c(=O)[nH]2)CN(Cc2ccccc2)CC3)C1. The zero-order chi connectivity index (χ0) is 17.2. The van der Waals surface area contributed by atoms with E-state index in [0.717, 1.165) is 49.8 Å². The molecule has 1 fully saturated rings. The highest BCUT2D eigenvalue weighted by molar-refractivity contribution is 5.35. The Morgan fingerprint density at radius 2 is 2.08 bits per heavy atom. The van der Waals surface area contributed by atoms with Crippen LogP contribution in [0.4, 0.5) is 5.95 Å². The van der Waals surface area contributed by atoms with Crippen LogP contribution in [0.3, 0.4) is 0 Å². The second-order valence-electron chi connectivity index (χ2n) is 7.45. The molecule has 3 heterocycles. The second kappa shape index (κ2) is 7.00. The van der Waals surface area contributed by atoms with Gasteiger partial charge in [-0.1, -0.05) is 37.3 Å². The Kier molecular flexibility index (Phi) is 4.57. The summed E-state index contributed by atoms with van der Waals surface area (Å²) in [5.41, 5.74) is 3.16. The van der Waals surface area contributed by atoms with E-state index in [0.29, 0.717) is 12.5 Å². The molecule has 25 heavy (non-hydrogen) atoms. The van der Waals surface area contributed by atoms with Crippen molar-refractivity contribution in [3.63, 3.8) is 0 Å². The fraction of sp³-hybridized carbons (Fsp3) is 0.500. The molecule has 1 aromatic heterocycles. The van der Waals surface area contributed by atoms with Crippen molar-refractivity contribution >= 4 is 5.95 Å². The highest BCUT2D eigenvalue weighted by atomic mass is 16.1. The van der Waals surface area contributed by atoms with Gasteiger partial charge in [0.2, 0.25) is 5.95 Å². The fourth-order valence-electron chi connectivity index (χ4n) is 3.98. The summed E-state index contributed by atoms with van der Waals surface area (Å²) in [7, 11) is 0. The number of nitrogens with one attached hydrogen (secondary N) is 1. The molecule has 0 aliphatic carbocycles. The average Bonchev–Trinajstić information content (AvgIpc) is 2.63. The van der Waals surface area contributed by atoms with Crippen molar-refractivity contribution in [3.8, 4) is 0 Å². The quantitative estimate of drug-likeness (QED) is 0.934. The first-order valence-corrected chi connectivity index (χ1v) is 9.32. The molecule has 0 amide bonds. The molecule has 0 radical (unpaired) electrons. The van der Waals surface area contributed by atoms with Gasteiger partial charge < -0.3 is 4.90 Å². The number of benzene rings is 1. The Morgan fingerprint density at radius 3 is 2.88 bits per heavy atom. The number of hydrogen-bond donors (Lipinski definition) is 1. The minimum Gasteiger partial charge on any atom is -0.342 e. The van der Waals surface area contributed by atoms with E-state index in [1.165, 1.54) is 18.4 Å². The van der Waals surface area contributed by atoms with Crippen molar-refractivity contribution in [2.75, 3.05) is 24.5 Å². The fourth-order valence-corrected chi connectivity index (χ4v) is 3.98. The highest BCUT2D eigenvalue weighted by Gasteiger charge is 2.24. The van der Waals surface area contributed by atoms with Gasteiger partial charge in [0, 0.05) is 39.1 Å². The summed E-state index contributed by atoms with van der Waals surface area (Å²) in [5, 5.41) is 0. The predicted octanol–water partition coefficient (Wildman–Crippen LogP) is 2.56. The number of aromatic amines is 1.